The molecule has 0 unspecified atom stereocenters. The zero-order chi connectivity index (χ0) is 21.1. The molecule has 8 heteroatoms. The van der Waals surface area contributed by atoms with Gasteiger partial charge >= 0.3 is 6.18 Å². The summed E-state index contributed by atoms with van der Waals surface area (Å²) in [7, 11) is 0. The second kappa shape index (κ2) is 8.57. The Hall–Kier alpha value is -2.71. The highest BCUT2D eigenvalue weighted by Gasteiger charge is 2.31. The van der Waals surface area contributed by atoms with Gasteiger partial charge in [-0.15, -0.1) is 11.3 Å². The fourth-order valence-electron chi connectivity index (χ4n) is 3.35. The van der Waals surface area contributed by atoms with Crippen molar-refractivity contribution in [3.63, 3.8) is 0 Å². The lowest BCUT2D eigenvalue weighted by molar-refractivity contribution is -0.137. The summed E-state index contributed by atoms with van der Waals surface area (Å²) in [5.74, 6) is -0.212. The van der Waals surface area contributed by atoms with Crippen molar-refractivity contribution < 1.29 is 22.7 Å². The first-order chi connectivity index (χ1) is 14.4. The zero-order valence-corrected chi connectivity index (χ0v) is 16.7. The molecule has 0 saturated carbocycles. The van der Waals surface area contributed by atoms with E-state index in [1.54, 1.807) is 40.6 Å². The number of ether oxygens (including phenoxy) is 1. The summed E-state index contributed by atoms with van der Waals surface area (Å²) < 4.78 is 44.9. The van der Waals surface area contributed by atoms with E-state index in [9.17, 15) is 18.0 Å². The molecule has 1 amide bonds. The number of rotatable bonds is 5. The van der Waals surface area contributed by atoms with Gasteiger partial charge in [0.1, 0.15) is 0 Å². The van der Waals surface area contributed by atoms with Gasteiger partial charge in [-0.1, -0.05) is 30.3 Å². The number of thiazole rings is 1. The molecule has 156 valence electrons. The third-order valence-corrected chi connectivity index (χ3v) is 5.75. The van der Waals surface area contributed by atoms with Gasteiger partial charge < -0.3 is 4.74 Å². The van der Waals surface area contributed by atoms with Crippen LogP contribution in [-0.4, -0.2) is 30.1 Å². The van der Waals surface area contributed by atoms with Gasteiger partial charge in [-0.05, 0) is 37.1 Å². The minimum atomic E-state index is -4.43. The topological polar surface area (TPSA) is 42.4 Å². The maximum atomic E-state index is 13.2. The van der Waals surface area contributed by atoms with Crippen LogP contribution in [0.2, 0.25) is 0 Å². The highest BCUT2D eigenvalue weighted by molar-refractivity contribution is 7.14. The van der Waals surface area contributed by atoms with Crippen molar-refractivity contribution in [3.8, 4) is 11.3 Å². The Bertz CT molecular complexity index is 1010. The second-order valence-electron chi connectivity index (χ2n) is 7.01. The zero-order valence-electron chi connectivity index (χ0n) is 15.9. The summed E-state index contributed by atoms with van der Waals surface area (Å²) in [6.07, 6.45) is -2.72. The Balaban J connectivity index is 1.65. The Labute approximate surface area is 175 Å². The summed E-state index contributed by atoms with van der Waals surface area (Å²) >= 11 is 1.23. The predicted octanol–water partition coefficient (Wildman–Crippen LogP) is 5.65. The third kappa shape index (κ3) is 4.55. The fraction of sp³-hybridized carbons (Fsp3) is 0.273. The number of nitrogens with zero attached hydrogens (tertiary/aromatic N) is 2. The summed E-state index contributed by atoms with van der Waals surface area (Å²) in [6, 6.07) is 13.9. The molecule has 0 bridgehead atoms. The molecule has 4 nitrogen and oxygen atoms in total. The highest BCUT2D eigenvalue weighted by atomic mass is 32.1. The first kappa shape index (κ1) is 20.6. The minimum Gasteiger partial charge on any atom is -0.376 e. The lowest BCUT2D eigenvalue weighted by Gasteiger charge is -2.23. The van der Waals surface area contributed by atoms with Crippen molar-refractivity contribution in [1.82, 2.24) is 4.98 Å². The standard InChI is InChI=1S/C22H19F3N2O2S/c23-22(24,25)17-9-4-8-16(12-17)19-14-30-21(26-19)27(13-18-10-5-11-29-18)20(28)15-6-2-1-3-7-15/h1-4,6-9,12,14,18H,5,10-11,13H2/t18-/m1/s1. The average Bonchev–Trinajstić information content (AvgIpc) is 3.44. The molecule has 1 fully saturated rings. The Kier molecular flexibility index (Phi) is 5.87. The number of amides is 1. The second-order valence-corrected chi connectivity index (χ2v) is 7.85. The van der Waals surface area contributed by atoms with Crippen LogP contribution in [0.3, 0.4) is 0 Å². The number of hydrogen-bond donors (Lipinski definition) is 0. The molecule has 2 aromatic carbocycles. The van der Waals surface area contributed by atoms with Crippen molar-refractivity contribution in [2.75, 3.05) is 18.1 Å². The number of anilines is 1. The fourth-order valence-corrected chi connectivity index (χ4v) is 4.19. The van der Waals surface area contributed by atoms with Crippen LogP contribution in [0.15, 0.2) is 60.0 Å². The van der Waals surface area contributed by atoms with Gasteiger partial charge in [-0.3, -0.25) is 9.69 Å². The average molecular weight is 432 g/mol. The molecule has 0 N–H and O–H groups in total. The van der Waals surface area contributed by atoms with Crippen LogP contribution in [0, 0.1) is 0 Å². The Morgan fingerprint density at radius 3 is 2.67 bits per heavy atom. The lowest BCUT2D eigenvalue weighted by Crippen LogP contribution is -2.37. The number of halogens is 3. The monoisotopic (exact) mass is 432 g/mol. The van der Waals surface area contributed by atoms with Gasteiger partial charge in [0.25, 0.3) is 5.91 Å². The first-order valence-corrected chi connectivity index (χ1v) is 10.4. The van der Waals surface area contributed by atoms with Crippen molar-refractivity contribution in [2.45, 2.75) is 25.1 Å². The van der Waals surface area contributed by atoms with E-state index >= 15 is 0 Å². The van der Waals surface area contributed by atoms with Crippen LogP contribution < -0.4 is 4.90 Å². The molecule has 0 spiro atoms. The van der Waals surface area contributed by atoms with E-state index in [1.165, 1.54) is 17.4 Å². The van der Waals surface area contributed by atoms with Crippen LogP contribution in [0.4, 0.5) is 18.3 Å². The van der Waals surface area contributed by atoms with Crippen molar-refractivity contribution in [1.29, 1.82) is 0 Å². The molecule has 0 radical (unpaired) electrons. The number of benzene rings is 2. The Morgan fingerprint density at radius 2 is 1.97 bits per heavy atom. The maximum Gasteiger partial charge on any atom is 0.416 e. The molecule has 1 atom stereocenters. The van der Waals surface area contributed by atoms with Gasteiger partial charge in [0.05, 0.1) is 23.9 Å². The molecule has 1 aromatic heterocycles. The van der Waals surface area contributed by atoms with E-state index in [2.05, 4.69) is 4.98 Å². The van der Waals surface area contributed by atoms with Crippen LogP contribution in [0.1, 0.15) is 28.8 Å². The number of carbonyl (C=O) groups is 1. The molecule has 1 saturated heterocycles. The van der Waals surface area contributed by atoms with E-state index in [4.69, 9.17) is 4.74 Å². The molecular formula is C22H19F3N2O2S. The number of aromatic nitrogens is 1. The van der Waals surface area contributed by atoms with Crippen molar-refractivity contribution in [2.24, 2.45) is 0 Å². The first-order valence-electron chi connectivity index (χ1n) is 9.53. The van der Waals surface area contributed by atoms with E-state index in [0.29, 0.717) is 35.1 Å². The van der Waals surface area contributed by atoms with Crippen LogP contribution in [-0.2, 0) is 10.9 Å². The highest BCUT2D eigenvalue weighted by Crippen LogP contribution is 2.34. The number of hydrogen-bond acceptors (Lipinski definition) is 4. The van der Waals surface area contributed by atoms with Crippen LogP contribution in [0.25, 0.3) is 11.3 Å². The van der Waals surface area contributed by atoms with Crippen molar-refractivity contribution >= 4 is 22.4 Å². The predicted molar refractivity (Wildman–Crippen MR) is 110 cm³/mol. The lowest BCUT2D eigenvalue weighted by atomic mass is 10.1. The van der Waals surface area contributed by atoms with E-state index in [1.807, 2.05) is 6.07 Å². The molecule has 1 aliphatic rings. The largest absolute Gasteiger partial charge is 0.416 e. The summed E-state index contributed by atoms with van der Waals surface area (Å²) in [5, 5.41) is 2.11. The third-order valence-electron chi connectivity index (χ3n) is 4.88. The number of carbonyl (C=O) groups excluding carboxylic acids is 1. The summed E-state index contributed by atoms with van der Waals surface area (Å²) in [6.45, 7) is 1.01. The molecule has 1 aliphatic heterocycles. The smallest absolute Gasteiger partial charge is 0.376 e. The van der Waals surface area contributed by atoms with E-state index < -0.39 is 11.7 Å². The van der Waals surface area contributed by atoms with Gasteiger partial charge in [0, 0.05) is 23.1 Å². The van der Waals surface area contributed by atoms with Gasteiger partial charge in [0.2, 0.25) is 0 Å². The SMILES string of the molecule is O=C(c1ccccc1)N(C[C@H]1CCCO1)c1nc(-c2cccc(C(F)(F)F)c2)cs1. The van der Waals surface area contributed by atoms with Crippen molar-refractivity contribution in [3.05, 3.63) is 71.1 Å². The quantitative estimate of drug-likeness (QED) is 0.523. The minimum absolute atomic E-state index is 0.0847. The summed E-state index contributed by atoms with van der Waals surface area (Å²) in [4.78, 5) is 19.2. The maximum absolute atomic E-state index is 13.2. The van der Waals surface area contributed by atoms with Crippen LogP contribution in [0.5, 0.6) is 0 Å². The van der Waals surface area contributed by atoms with Gasteiger partial charge in [-0.2, -0.15) is 13.2 Å². The Morgan fingerprint density at radius 1 is 1.17 bits per heavy atom. The van der Waals surface area contributed by atoms with E-state index in [-0.39, 0.29) is 12.0 Å². The number of alkyl halides is 3. The molecule has 3 aromatic rings. The molecule has 30 heavy (non-hydrogen) atoms. The molecule has 0 aliphatic carbocycles. The summed E-state index contributed by atoms with van der Waals surface area (Å²) in [5.41, 5.74) is 0.549. The van der Waals surface area contributed by atoms with Crippen LogP contribution >= 0.6 is 11.3 Å². The molecular weight excluding hydrogens is 413 g/mol. The van der Waals surface area contributed by atoms with Gasteiger partial charge in [-0.25, -0.2) is 4.98 Å². The molecule has 2 heterocycles. The van der Waals surface area contributed by atoms with E-state index in [0.717, 1.165) is 25.0 Å². The normalized spacial score (nSPS) is 16.6. The molecule has 4 rings (SSSR count). The van der Waals surface area contributed by atoms with Gasteiger partial charge in [0.15, 0.2) is 5.13 Å².